The zero-order valence-electron chi connectivity index (χ0n) is 20.5. The van der Waals surface area contributed by atoms with Crippen LogP contribution in [-0.2, 0) is 6.54 Å². The van der Waals surface area contributed by atoms with Crippen molar-refractivity contribution in [2.75, 3.05) is 13.1 Å². The summed E-state index contributed by atoms with van der Waals surface area (Å²) in [4.78, 5) is 23.0. The molecule has 194 valence electrons. The normalized spacial score (nSPS) is 15.5. The van der Waals surface area contributed by atoms with Gasteiger partial charge in [-0.25, -0.2) is 23.1 Å². The second-order valence-electron chi connectivity index (χ2n) is 9.71. The molecule has 39 heavy (non-hydrogen) atoms. The highest BCUT2D eigenvalue weighted by atomic mass is 19.3. The third-order valence-corrected chi connectivity index (χ3v) is 6.95. The molecule has 2 N–H and O–H groups in total. The summed E-state index contributed by atoms with van der Waals surface area (Å²) < 4.78 is 41.8. The number of H-pyrrole nitrogens is 2. The number of nitrogens with one attached hydrogen (secondary N) is 2. The molecule has 1 saturated heterocycles. The van der Waals surface area contributed by atoms with E-state index in [1.807, 2.05) is 12.1 Å². The van der Waals surface area contributed by atoms with Gasteiger partial charge in [-0.15, -0.1) is 0 Å². The first kappa shape index (κ1) is 23.5. The Labute approximate surface area is 220 Å². The summed E-state index contributed by atoms with van der Waals surface area (Å²) in [6.45, 7) is 0.518. The Morgan fingerprint density at radius 1 is 0.974 bits per heavy atom. The van der Waals surface area contributed by atoms with Crippen LogP contribution in [0.5, 0.6) is 0 Å². The average Bonchev–Trinajstić information content (AvgIpc) is 3.64. The maximum Gasteiger partial charge on any atom is 0.261 e. The summed E-state index contributed by atoms with van der Waals surface area (Å²) in [5.41, 5.74) is 5.62. The Morgan fingerprint density at radius 2 is 1.85 bits per heavy atom. The third-order valence-electron chi connectivity index (χ3n) is 6.95. The lowest BCUT2D eigenvalue weighted by molar-refractivity contribution is 0.0115. The van der Waals surface area contributed by atoms with Crippen LogP contribution in [0.25, 0.3) is 56.0 Å². The Kier molecular flexibility index (Phi) is 5.41. The van der Waals surface area contributed by atoms with Crippen LogP contribution in [-0.4, -0.2) is 59.0 Å². The highest BCUT2D eigenvalue weighted by molar-refractivity contribution is 5.96. The number of alkyl halides is 2. The molecule has 7 rings (SSSR count). The molecule has 1 aliphatic heterocycles. The van der Waals surface area contributed by atoms with Gasteiger partial charge in [0, 0.05) is 61.0 Å². The Morgan fingerprint density at radius 3 is 2.69 bits per heavy atom. The number of hydrogen-bond donors (Lipinski definition) is 2. The number of likely N-dealkylation sites (tertiary alicyclic amines) is 1. The highest BCUT2D eigenvalue weighted by Crippen LogP contribution is 2.33. The fourth-order valence-electron chi connectivity index (χ4n) is 5.07. The van der Waals surface area contributed by atoms with Crippen molar-refractivity contribution >= 4 is 22.1 Å². The largest absolute Gasteiger partial charge is 0.336 e. The van der Waals surface area contributed by atoms with Crippen molar-refractivity contribution in [1.82, 2.24) is 40.0 Å². The molecule has 11 heteroatoms. The van der Waals surface area contributed by atoms with Crippen LogP contribution >= 0.6 is 0 Å². The molecule has 0 atom stereocenters. The lowest BCUT2D eigenvalue weighted by Gasteiger charge is -2.15. The molecule has 0 spiro atoms. The molecular weight excluding hydrogens is 505 g/mol. The number of aromatic nitrogens is 7. The van der Waals surface area contributed by atoms with Crippen LogP contribution < -0.4 is 0 Å². The van der Waals surface area contributed by atoms with Gasteiger partial charge in [0.05, 0.1) is 17.4 Å². The summed E-state index contributed by atoms with van der Waals surface area (Å²) in [5, 5.41) is 8.12. The summed E-state index contributed by atoms with van der Waals surface area (Å²) in [6, 6.07) is 12.1. The van der Waals surface area contributed by atoms with Crippen molar-refractivity contribution in [3.63, 3.8) is 0 Å². The molecular formula is C28H21F3N8. The number of hydrogen-bond acceptors (Lipinski definition) is 6. The van der Waals surface area contributed by atoms with Gasteiger partial charge in [-0.3, -0.25) is 20.0 Å². The zero-order chi connectivity index (χ0) is 26.6. The zero-order valence-corrected chi connectivity index (χ0v) is 20.5. The standard InChI is InChI=1S/C28H21F3N8/c29-21-4-2-1-3-19(21)23-25-22(5-7-33-23)35-27(36-25)24-20-10-18(13-34-26(20)38-37-24)17-9-16(11-32-12-17)14-39-8-6-28(30,31)15-39/h1-5,7,9-13H,6,8,14-15H2,(H,35,36)(H,34,37,38). The van der Waals surface area contributed by atoms with Gasteiger partial charge < -0.3 is 4.98 Å². The van der Waals surface area contributed by atoms with Gasteiger partial charge >= 0.3 is 0 Å². The molecule has 0 bridgehead atoms. The van der Waals surface area contributed by atoms with Gasteiger partial charge in [-0.1, -0.05) is 12.1 Å². The highest BCUT2D eigenvalue weighted by Gasteiger charge is 2.37. The molecule has 1 aliphatic rings. The minimum absolute atomic E-state index is 0.121. The van der Waals surface area contributed by atoms with Crippen LogP contribution in [0, 0.1) is 5.82 Å². The average molecular weight is 527 g/mol. The minimum atomic E-state index is -2.64. The number of fused-ring (bicyclic) bond motifs is 2. The molecule has 8 nitrogen and oxygen atoms in total. The third kappa shape index (κ3) is 4.30. The van der Waals surface area contributed by atoms with Crippen molar-refractivity contribution in [3.05, 3.63) is 78.6 Å². The van der Waals surface area contributed by atoms with Crippen LogP contribution in [0.15, 0.2) is 67.3 Å². The lowest BCUT2D eigenvalue weighted by atomic mass is 10.1. The number of nitrogens with zero attached hydrogens (tertiary/aromatic N) is 6. The Hall–Kier alpha value is -4.64. The van der Waals surface area contributed by atoms with Crippen LogP contribution in [0.3, 0.4) is 0 Å². The van der Waals surface area contributed by atoms with E-state index in [1.54, 1.807) is 54.0 Å². The van der Waals surface area contributed by atoms with Crippen LogP contribution in [0.4, 0.5) is 13.2 Å². The van der Waals surface area contributed by atoms with E-state index in [4.69, 9.17) is 4.98 Å². The maximum absolute atomic E-state index is 14.5. The van der Waals surface area contributed by atoms with Crippen LogP contribution in [0.1, 0.15) is 12.0 Å². The first-order chi connectivity index (χ1) is 18.9. The predicted octanol–water partition coefficient (Wildman–Crippen LogP) is 5.61. The van der Waals surface area contributed by atoms with E-state index in [0.29, 0.717) is 52.5 Å². The van der Waals surface area contributed by atoms with E-state index in [0.717, 1.165) is 22.1 Å². The van der Waals surface area contributed by atoms with Crippen molar-refractivity contribution in [3.8, 4) is 33.9 Å². The number of halogens is 3. The fraction of sp³-hybridized carbons (Fsp3) is 0.179. The molecule has 1 aromatic carbocycles. The van der Waals surface area contributed by atoms with E-state index in [9.17, 15) is 13.2 Å². The first-order valence-electron chi connectivity index (χ1n) is 12.4. The molecule has 0 radical (unpaired) electrons. The Balaban J connectivity index is 1.25. The molecule has 6 aromatic rings. The summed E-state index contributed by atoms with van der Waals surface area (Å²) >= 11 is 0. The molecule has 0 unspecified atom stereocenters. The monoisotopic (exact) mass is 526 g/mol. The second kappa shape index (κ2) is 8.98. The van der Waals surface area contributed by atoms with E-state index < -0.39 is 5.92 Å². The summed E-state index contributed by atoms with van der Waals surface area (Å²) in [6.07, 6.45) is 6.62. The molecule has 0 amide bonds. The molecule has 1 fully saturated rings. The topological polar surface area (TPSA) is 99.3 Å². The van der Waals surface area contributed by atoms with Gasteiger partial charge in [0.25, 0.3) is 5.92 Å². The number of rotatable bonds is 5. The van der Waals surface area contributed by atoms with Crippen molar-refractivity contribution in [2.45, 2.75) is 18.9 Å². The van der Waals surface area contributed by atoms with Crippen molar-refractivity contribution < 1.29 is 13.2 Å². The fourth-order valence-corrected chi connectivity index (χ4v) is 5.07. The van der Waals surface area contributed by atoms with Gasteiger partial charge in [-0.05, 0) is 35.9 Å². The smallest absolute Gasteiger partial charge is 0.261 e. The maximum atomic E-state index is 14.5. The molecule has 0 aliphatic carbocycles. The predicted molar refractivity (Wildman–Crippen MR) is 140 cm³/mol. The van der Waals surface area contributed by atoms with Crippen LogP contribution in [0.2, 0.25) is 0 Å². The first-order valence-corrected chi connectivity index (χ1v) is 12.4. The molecule has 6 heterocycles. The van der Waals surface area contributed by atoms with Gasteiger partial charge in [0.2, 0.25) is 0 Å². The number of imidazole rings is 1. The number of pyridine rings is 3. The van der Waals surface area contributed by atoms with Crippen molar-refractivity contribution in [1.29, 1.82) is 0 Å². The second-order valence-corrected chi connectivity index (χ2v) is 9.71. The van der Waals surface area contributed by atoms with E-state index in [2.05, 4.69) is 30.1 Å². The Bertz CT molecular complexity index is 1840. The summed E-state index contributed by atoms with van der Waals surface area (Å²) in [5.74, 6) is -2.53. The SMILES string of the molecule is Fc1ccccc1-c1nccc2[nH]c(-c3n[nH]c4ncc(-c5cncc(CN6CCC(F)(F)C6)c5)cc34)nc12. The van der Waals surface area contributed by atoms with Gasteiger partial charge in [0.15, 0.2) is 11.5 Å². The lowest BCUT2D eigenvalue weighted by Crippen LogP contribution is -2.24. The van der Waals surface area contributed by atoms with Gasteiger partial charge in [-0.2, -0.15) is 5.10 Å². The van der Waals surface area contributed by atoms with E-state index in [1.165, 1.54) is 6.07 Å². The summed E-state index contributed by atoms with van der Waals surface area (Å²) in [7, 11) is 0. The molecule has 5 aromatic heterocycles. The quantitative estimate of drug-likeness (QED) is 0.303. The minimum Gasteiger partial charge on any atom is -0.336 e. The van der Waals surface area contributed by atoms with E-state index in [-0.39, 0.29) is 18.8 Å². The van der Waals surface area contributed by atoms with E-state index >= 15 is 0 Å². The number of aromatic amines is 2. The number of benzene rings is 1. The molecule has 0 saturated carbocycles. The van der Waals surface area contributed by atoms with Crippen molar-refractivity contribution in [2.24, 2.45) is 0 Å². The van der Waals surface area contributed by atoms with Gasteiger partial charge in [0.1, 0.15) is 22.7 Å².